The van der Waals surface area contributed by atoms with Crippen molar-refractivity contribution in [2.75, 3.05) is 19.6 Å². The minimum absolute atomic E-state index is 0.0184. The molecule has 0 radical (unpaired) electrons. The van der Waals surface area contributed by atoms with E-state index < -0.39 is 0 Å². The standard InChI is InChI=1S/C11H22N4O/c1-3-14(4-2)11(16)15-8-6-5-7-9(15)10(12)13/h9H,3-8H2,1-2H3,(H3,12,13). The van der Waals surface area contributed by atoms with E-state index in [1.54, 1.807) is 9.80 Å². The van der Waals surface area contributed by atoms with Gasteiger partial charge in [0.2, 0.25) is 0 Å². The summed E-state index contributed by atoms with van der Waals surface area (Å²) in [7, 11) is 0. The van der Waals surface area contributed by atoms with Gasteiger partial charge in [-0.3, -0.25) is 5.41 Å². The lowest BCUT2D eigenvalue weighted by molar-refractivity contribution is 0.135. The summed E-state index contributed by atoms with van der Waals surface area (Å²) in [6.07, 6.45) is 2.88. The zero-order chi connectivity index (χ0) is 12.1. The van der Waals surface area contributed by atoms with E-state index in [0.717, 1.165) is 25.8 Å². The van der Waals surface area contributed by atoms with Gasteiger partial charge in [-0.25, -0.2) is 4.79 Å². The van der Waals surface area contributed by atoms with Gasteiger partial charge in [0, 0.05) is 19.6 Å². The molecule has 16 heavy (non-hydrogen) atoms. The molecule has 1 aliphatic rings. The van der Waals surface area contributed by atoms with Crippen LogP contribution in [0, 0.1) is 5.41 Å². The van der Waals surface area contributed by atoms with Gasteiger partial charge in [0.25, 0.3) is 0 Å². The highest BCUT2D eigenvalue weighted by atomic mass is 16.2. The van der Waals surface area contributed by atoms with Crippen LogP contribution in [0.1, 0.15) is 33.1 Å². The highest BCUT2D eigenvalue weighted by molar-refractivity contribution is 5.88. The summed E-state index contributed by atoms with van der Waals surface area (Å²) in [4.78, 5) is 15.7. The average Bonchev–Trinajstić information content (AvgIpc) is 2.30. The van der Waals surface area contributed by atoms with Gasteiger partial charge < -0.3 is 15.5 Å². The van der Waals surface area contributed by atoms with Crippen LogP contribution in [0.2, 0.25) is 0 Å². The molecular weight excluding hydrogens is 204 g/mol. The minimum atomic E-state index is -0.193. The average molecular weight is 226 g/mol. The van der Waals surface area contributed by atoms with Crippen LogP contribution in [0.4, 0.5) is 4.79 Å². The SMILES string of the molecule is CCN(CC)C(=O)N1CCCCC1C(=N)N. The molecule has 0 aromatic heterocycles. The summed E-state index contributed by atoms with van der Waals surface area (Å²) < 4.78 is 0. The number of nitrogens with zero attached hydrogens (tertiary/aromatic N) is 2. The number of carbonyl (C=O) groups is 1. The first-order valence-electron chi connectivity index (χ1n) is 6.01. The second-order valence-corrected chi connectivity index (χ2v) is 4.12. The molecule has 1 heterocycles. The lowest BCUT2D eigenvalue weighted by Crippen LogP contribution is -2.54. The molecule has 1 atom stereocenters. The van der Waals surface area contributed by atoms with Gasteiger partial charge in [-0.2, -0.15) is 0 Å². The van der Waals surface area contributed by atoms with Gasteiger partial charge in [0.1, 0.15) is 5.84 Å². The maximum Gasteiger partial charge on any atom is 0.320 e. The molecule has 0 aliphatic carbocycles. The van der Waals surface area contributed by atoms with Gasteiger partial charge in [0.15, 0.2) is 0 Å². The van der Waals surface area contributed by atoms with Crippen molar-refractivity contribution in [3.05, 3.63) is 0 Å². The van der Waals surface area contributed by atoms with E-state index in [0.29, 0.717) is 13.1 Å². The quantitative estimate of drug-likeness (QED) is 0.561. The normalized spacial score (nSPS) is 20.6. The first kappa shape index (κ1) is 12.8. The molecule has 1 saturated heterocycles. The number of rotatable bonds is 3. The first-order chi connectivity index (χ1) is 7.61. The Kier molecular flexibility index (Phi) is 4.58. The summed E-state index contributed by atoms with van der Waals surface area (Å²) in [6, 6.07) is -0.174. The number of likely N-dealkylation sites (tertiary alicyclic amines) is 1. The maximum absolute atomic E-state index is 12.2. The Hall–Kier alpha value is -1.26. The third-order valence-corrected chi connectivity index (χ3v) is 3.14. The predicted octanol–water partition coefficient (Wildman–Crippen LogP) is 1.24. The van der Waals surface area contributed by atoms with Crippen molar-refractivity contribution in [1.29, 1.82) is 5.41 Å². The number of hydrogen-bond donors (Lipinski definition) is 2. The first-order valence-corrected chi connectivity index (χ1v) is 6.01. The number of hydrogen-bond acceptors (Lipinski definition) is 2. The van der Waals surface area contributed by atoms with E-state index in [4.69, 9.17) is 11.1 Å². The third-order valence-electron chi connectivity index (χ3n) is 3.14. The number of amidine groups is 1. The fourth-order valence-electron chi connectivity index (χ4n) is 2.16. The number of carbonyl (C=O) groups excluding carboxylic acids is 1. The van der Waals surface area contributed by atoms with E-state index in [1.807, 2.05) is 13.8 Å². The third kappa shape index (κ3) is 2.65. The molecule has 1 aliphatic heterocycles. The molecule has 5 nitrogen and oxygen atoms in total. The molecule has 5 heteroatoms. The molecule has 2 amide bonds. The Morgan fingerprint density at radius 1 is 1.44 bits per heavy atom. The Morgan fingerprint density at radius 2 is 2.06 bits per heavy atom. The summed E-state index contributed by atoms with van der Waals surface area (Å²) >= 11 is 0. The van der Waals surface area contributed by atoms with Crippen molar-refractivity contribution in [1.82, 2.24) is 9.80 Å². The van der Waals surface area contributed by atoms with Gasteiger partial charge in [-0.1, -0.05) is 0 Å². The number of urea groups is 1. The van der Waals surface area contributed by atoms with Gasteiger partial charge in [-0.15, -0.1) is 0 Å². The predicted molar refractivity (Wildman–Crippen MR) is 64.6 cm³/mol. The summed E-state index contributed by atoms with van der Waals surface area (Å²) in [5.41, 5.74) is 5.55. The summed E-state index contributed by atoms with van der Waals surface area (Å²) in [5.74, 6) is 0.111. The number of nitrogens with two attached hydrogens (primary N) is 1. The van der Waals surface area contributed by atoms with Crippen LogP contribution in [0.5, 0.6) is 0 Å². The molecular formula is C11H22N4O. The van der Waals surface area contributed by atoms with Crippen LogP contribution >= 0.6 is 0 Å². The van der Waals surface area contributed by atoms with Crippen molar-refractivity contribution in [2.45, 2.75) is 39.2 Å². The fraction of sp³-hybridized carbons (Fsp3) is 0.818. The smallest absolute Gasteiger partial charge is 0.320 e. The second-order valence-electron chi connectivity index (χ2n) is 4.12. The topological polar surface area (TPSA) is 73.4 Å². The molecule has 92 valence electrons. The second kappa shape index (κ2) is 5.72. The van der Waals surface area contributed by atoms with Crippen molar-refractivity contribution in [3.8, 4) is 0 Å². The number of amides is 2. The minimum Gasteiger partial charge on any atom is -0.386 e. The molecule has 1 rings (SSSR count). The van der Waals surface area contributed by atoms with E-state index in [9.17, 15) is 4.79 Å². The van der Waals surface area contributed by atoms with Crippen LogP contribution in [0.15, 0.2) is 0 Å². The van der Waals surface area contributed by atoms with Gasteiger partial charge >= 0.3 is 6.03 Å². The van der Waals surface area contributed by atoms with E-state index in [1.165, 1.54) is 0 Å². The van der Waals surface area contributed by atoms with Crippen LogP contribution in [-0.4, -0.2) is 47.3 Å². The zero-order valence-corrected chi connectivity index (χ0v) is 10.2. The van der Waals surface area contributed by atoms with Crippen LogP contribution in [0.25, 0.3) is 0 Å². The largest absolute Gasteiger partial charge is 0.386 e. The molecule has 0 aromatic rings. The lowest BCUT2D eigenvalue weighted by atomic mass is 10.0. The molecule has 0 aromatic carbocycles. The van der Waals surface area contributed by atoms with Crippen LogP contribution in [-0.2, 0) is 0 Å². The number of nitrogens with one attached hydrogen (secondary N) is 1. The van der Waals surface area contributed by atoms with Gasteiger partial charge in [0.05, 0.1) is 6.04 Å². The monoisotopic (exact) mass is 226 g/mol. The Morgan fingerprint density at radius 3 is 2.56 bits per heavy atom. The van der Waals surface area contributed by atoms with E-state index >= 15 is 0 Å². The van der Waals surface area contributed by atoms with Crippen molar-refractivity contribution in [3.63, 3.8) is 0 Å². The van der Waals surface area contributed by atoms with Crippen LogP contribution in [0.3, 0.4) is 0 Å². The molecule has 0 saturated carbocycles. The molecule has 1 unspecified atom stereocenters. The zero-order valence-electron chi connectivity index (χ0n) is 10.2. The van der Waals surface area contributed by atoms with Crippen LogP contribution < -0.4 is 5.73 Å². The summed E-state index contributed by atoms with van der Waals surface area (Å²) in [6.45, 7) is 6.06. The van der Waals surface area contributed by atoms with E-state index in [2.05, 4.69) is 0 Å². The summed E-state index contributed by atoms with van der Waals surface area (Å²) in [5, 5.41) is 7.53. The molecule has 1 fully saturated rings. The molecule has 0 bridgehead atoms. The molecule has 0 spiro atoms. The molecule has 3 N–H and O–H groups in total. The van der Waals surface area contributed by atoms with E-state index in [-0.39, 0.29) is 17.9 Å². The fourth-order valence-corrected chi connectivity index (χ4v) is 2.16. The van der Waals surface area contributed by atoms with Crippen molar-refractivity contribution < 1.29 is 4.79 Å². The maximum atomic E-state index is 12.2. The Balaban J connectivity index is 2.74. The highest BCUT2D eigenvalue weighted by Crippen LogP contribution is 2.18. The highest BCUT2D eigenvalue weighted by Gasteiger charge is 2.30. The lowest BCUT2D eigenvalue weighted by Gasteiger charge is -2.37. The Bertz CT molecular complexity index is 263. The van der Waals surface area contributed by atoms with Crippen molar-refractivity contribution in [2.24, 2.45) is 5.73 Å². The number of piperidine rings is 1. The van der Waals surface area contributed by atoms with Gasteiger partial charge in [-0.05, 0) is 33.1 Å². The Labute approximate surface area is 97.1 Å². The van der Waals surface area contributed by atoms with Crippen molar-refractivity contribution >= 4 is 11.9 Å².